The maximum absolute atomic E-state index is 5.77. The van der Waals surface area contributed by atoms with E-state index >= 15 is 0 Å². The van der Waals surface area contributed by atoms with Crippen molar-refractivity contribution in [2.24, 2.45) is 0 Å². The number of allylic oxidation sites excluding steroid dienone is 1. The van der Waals surface area contributed by atoms with Gasteiger partial charge in [-0.1, -0.05) is 24.3 Å². The first kappa shape index (κ1) is 15.1. The Morgan fingerprint density at radius 1 is 1.30 bits per heavy atom. The maximum Gasteiger partial charge on any atom is 0.126 e. The summed E-state index contributed by atoms with van der Waals surface area (Å²) in [4.78, 5) is 0. The van der Waals surface area contributed by atoms with Crippen molar-refractivity contribution in [1.29, 1.82) is 0 Å². The van der Waals surface area contributed by atoms with Crippen LogP contribution in [0.2, 0.25) is 0 Å². The molecule has 1 N–H and O–H groups in total. The van der Waals surface area contributed by atoms with Crippen molar-refractivity contribution in [2.75, 3.05) is 26.9 Å². The van der Waals surface area contributed by atoms with Crippen molar-refractivity contribution in [3.05, 3.63) is 35.9 Å². The Bertz CT molecular complexity index is 438. The topological polar surface area (TPSA) is 30.5 Å². The fraction of sp³-hybridized carbons (Fsp3) is 0.529. The third-order valence-corrected chi connectivity index (χ3v) is 3.46. The lowest BCUT2D eigenvalue weighted by Crippen LogP contribution is -2.16. The zero-order valence-corrected chi connectivity index (χ0v) is 12.5. The zero-order valence-electron chi connectivity index (χ0n) is 12.5. The molecular weight excluding hydrogens is 250 g/mol. The Kier molecular flexibility index (Phi) is 6.09. The number of benzene rings is 1. The molecule has 3 heteroatoms. The highest BCUT2D eigenvalue weighted by atomic mass is 16.5. The van der Waals surface area contributed by atoms with Crippen molar-refractivity contribution in [3.8, 4) is 5.75 Å². The van der Waals surface area contributed by atoms with Crippen LogP contribution in [0.4, 0.5) is 0 Å². The average Bonchev–Trinajstić information content (AvgIpc) is 3.28. The molecule has 0 bridgehead atoms. The summed E-state index contributed by atoms with van der Waals surface area (Å²) in [5, 5.41) is 3.53. The van der Waals surface area contributed by atoms with Crippen LogP contribution in [0, 0.1) is 0 Å². The van der Waals surface area contributed by atoms with E-state index in [2.05, 4.69) is 30.4 Å². The molecule has 2 rings (SSSR count). The van der Waals surface area contributed by atoms with Crippen LogP contribution in [0.5, 0.6) is 5.75 Å². The van der Waals surface area contributed by atoms with Crippen LogP contribution < -0.4 is 10.1 Å². The third-order valence-electron chi connectivity index (χ3n) is 3.46. The van der Waals surface area contributed by atoms with E-state index in [1.807, 2.05) is 12.1 Å². The minimum Gasteiger partial charge on any atom is -0.491 e. The van der Waals surface area contributed by atoms with Gasteiger partial charge in [-0.2, -0.15) is 0 Å². The predicted octanol–water partition coefficient (Wildman–Crippen LogP) is 3.26. The number of hydrogen-bond donors (Lipinski definition) is 1. The molecule has 0 aliphatic heterocycles. The van der Waals surface area contributed by atoms with Crippen LogP contribution in [0.25, 0.3) is 5.57 Å². The normalized spacial score (nSPS) is 15.4. The number of nitrogens with one attached hydrogen (secondary N) is 1. The molecule has 1 aliphatic carbocycles. The highest BCUT2D eigenvalue weighted by Gasteiger charge is 2.19. The SMILES string of the molecule is COCCOc1ccccc1/C(C)=C/CCNC1CC1. The fourth-order valence-electron chi connectivity index (χ4n) is 2.13. The Hall–Kier alpha value is -1.32. The molecule has 110 valence electrons. The van der Waals surface area contributed by atoms with Gasteiger partial charge in [0.1, 0.15) is 12.4 Å². The second kappa shape index (κ2) is 8.08. The van der Waals surface area contributed by atoms with E-state index in [-0.39, 0.29) is 0 Å². The molecule has 1 saturated carbocycles. The number of rotatable bonds is 9. The summed E-state index contributed by atoms with van der Waals surface area (Å²) in [6.45, 7) is 4.41. The average molecular weight is 275 g/mol. The Morgan fingerprint density at radius 2 is 2.10 bits per heavy atom. The molecule has 1 aromatic carbocycles. The molecule has 0 heterocycles. The van der Waals surface area contributed by atoms with Gasteiger partial charge < -0.3 is 14.8 Å². The van der Waals surface area contributed by atoms with Crippen molar-refractivity contribution >= 4 is 5.57 Å². The van der Waals surface area contributed by atoms with Crippen molar-refractivity contribution in [3.63, 3.8) is 0 Å². The van der Waals surface area contributed by atoms with Crippen molar-refractivity contribution in [2.45, 2.75) is 32.2 Å². The Morgan fingerprint density at radius 3 is 2.85 bits per heavy atom. The van der Waals surface area contributed by atoms with E-state index in [1.165, 1.54) is 24.0 Å². The van der Waals surface area contributed by atoms with E-state index in [0.717, 1.165) is 24.8 Å². The molecule has 0 unspecified atom stereocenters. The third kappa shape index (κ3) is 4.99. The summed E-state index contributed by atoms with van der Waals surface area (Å²) in [5.41, 5.74) is 2.45. The number of hydrogen-bond acceptors (Lipinski definition) is 3. The van der Waals surface area contributed by atoms with Crippen LogP contribution in [0.15, 0.2) is 30.3 Å². The Labute approximate surface area is 122 Å². The first-order valence-corrected chi connectivity index (χ1v) is 7.42. The molecular formula is C17H25NO2. The number of methoxy groups -OCH3 is 1. The van der Waals surface area contributed by atoms with Gasteiger partial charge in [0.25, 0.3) is 0 Å². The minimum atomic E-state index is 0.587. The molecule has 1 aromatic rings. The maximum atomic E-state index is 5.77. The van der Waals surface area contributed by atoms with E-state index in [1.54, 1.807) is 7.11 Å². The highest BCUT2D eigenvalue weighted by molar-refractivity contribution is 5.68. The second-order valence-electron chi connectivity index (χ2n) is 5.24. The van der Waals surface area contributed by atoms with E-state index in [9.17, 15) is 0 Å². The van der Waals surface area contributed by atoms with Gasteiger partial charge in [-0.25, -0.2) is 0 Å². The van der Waals surface area contributed by atoms with Gasteiger partial charge in [-0.3, -0.25) is 0 Å². The highest BCUT2D eigenvalue weighted by Crippen LogP contribution is 2.26. The first-order valence-electron chi connectivity index (χ1n) is 7.42. The number of ether oxygens (including phenoxy) is 2. The first-order chi connectivity index (χ1) is 9.81. The zero-order chi connectivity index (χ0) is 14.2. The van der Waals surface area contributed by atoms with Gasteiger partial charge >= 0.3 is 0 Å². The molecule has 0 amide bonds. The summed E-state index contributed by atoms with van der Waals surface area (Å²) in [5.74, 6) is 0.938. The summed E-state index contributed by atoms with van der Waals surface area (Å²) in [6, 6.07) is 8.98. The lowest BCUT2D eigenvalue weighted by Gasteiger charge is -2.11. The molecule has 1 aliphatic rings. The molecule has 0 radical (unpaired) electrons. The van der Waals surface area contributed by atoms with Crippen LogP contribution >= 0.6 is 0 Å². The molecule has 3 nitrogen and oxygen atoms in total. The lowest BCUT2D eigenvalue weighted by molar-refractivity contribution is 0.146. The fourth-order valence-corrected chi connectivity index (χ4v) is 2.13. The second-order valence-corrected chi connectivity index (χ2v) is 5.24. The van der Waals surface area contributed by atoms with Crippen molar-refractivity contribution < 1.29 is 9.47 Å². The summed E-state index contributed by atoms with van der Waals surface area (Å²) >= 11 is 0. The van der Waals surface area contributed by atoms with Crippen molar-refractivity contribution in [1.82, 2.24) is 5.32 Å². The lowest BCUT2D eigenvalue weighted by atomic mass is 10.1. The predicted molar refractivity (Wildman–Crippen MR) is 83.1 cm³/mol. The van der Waals surface area contributed by atoms with E-state index < -0.39 is 0 Å². The van der Waals surface area contributed by atoms with Gasteiger partial charge in [-0.05, 0) is 44.4 Å². The number of para-hydroxylation sites is 1. The van der Waals surface area contributed by atoms with Gasteiger partial charge in [0.15, 0.2) is 0 Å². The minimum absolute atomic E-state index is 0.587. The molecule has 1 fully saturated rings. The summed E-state index contributed by atoms with van der Waals surface area (Å²) < 4.78 is 10.8. The Balaban J connectivity index is 1.88. The van der Waals surface area contributed by atoms with Gasteiger partial charge in [0.2, 0.25) is 0 Å². The largest absolute Gasteiger partial charge is 0.491 e. The molecule has 0 spiro atoms. The molecule has 0 saturated heterocycles. The van der Waals surface area contributed by atoms with Crippen LogP contribution in [0.1, 0.15) is 31.7 Å². The van der Waals surface area contributed by atoms with Crippen LogP contribution in [0.3, 0.4) is 0 Å². The standard InChI is InChI=1S/C17H25NO2/c1-14(6-5-11-18-15-9-10-15)16-7-3-4-8-17(16)20-13-12-19-2/h3-4,6-8,15,18H,5,9-13H2,1-2H3/b14-6+. The van der Waals surface area contributed by atoms with Gasteiger partial charge in [-0.15, -0.1) is 0 Å². The molecule has 0 aromatic heterocycles. The van der Waals surface area contributed by atoms with Gasteiger partial charge in [0, 0.05) is 18.7 Å². The monoisotopic (exact) mass is 275 g/mol. The van der Waals surface area contributed by atoms with Crippen LogP contribution in [-0.4, -0.2) is 32.9 Å². The summed E-state index contributed by atoms with van der Waals surface area (Å²) in [7, 11) is 1.69. The quantitative estimate of drug-likeness (QED) is 0.702. The summed E-state index contributed by atoms with van der Waals surface area (Å²) in [6.07, 6.45) is 6.04. The van der Waals surface area contributed by atoms with Crippen LogP contribution in [-0.2, 0) is 4.74 Å². The van der Waals surface area contributed by atoms with Gasteiger partial charge in [0.05, 0.1) is 6.61 Å². The smallest absolute Gasteiger partial charge is 0.126 e. The molecule has 20 heavy (non-hydrogen) atoms. The van der Waals surface area contributed by atoms with E-state index in [4.69, 9.17) is 9.47 Å². The van der Waals surface area contributed by atoms with E-state index in [0.29, 0.717) is 13.2 Å². The molecule has 0 atom stereocenters.